The van der Waals surface area contributed by atoms with Crippen molar-refractivity contribution in [2.24, 2.45) is 5.73 Å². The largest absolute Gasteiger partial charge is 0.453 e. The van der Waals surface area contributed by atoms with Crippen molar-refractivity contribution in [2.75, 3.05) is 25.1 Å². The molecule has 1 aliphatic rings. The average Bonchev–Trinajstić information content (AvgIpc) is 2.86. The summed E-state index contributed by atoms with van der Waals surface area (Å²) in [6, 6.07) is 4.69. The van der Waals surface area contributed by atoms with Gasteiger partial charge in [-0.05, 0) is 18.6 Å². The summed E-state index contributed by atoms with van der Waals surface area (Å²) in [6.45, 7) is 1.25. The van der Waals surface area contributed by atoms with Gasteiger partial charge in [0.15, 0.2) is 0 Å². The van der Waals surface area contributed by atoms with Crippen LogP contribution in [0.3, 0.4) is 0 Å². The second-order valence-electron chi connectivity index (χ2n) is 4.57. The molecular weight excluding hydrogens is 281 g/mol. The van der Waals surface area contributed by atoms with Crippen LogP contribution >= 0.6 is 12.2 Å². The third kappa shape index (κ3) is 2.98. The summed E-state index contributed by atoms with van der Waals surface area (Å²) in [4.78, 5) is 13.2. The highest BCUT2D eigenvalue weighted by Crippen LogP contribution is 2.26. The van der Waals surface area contributed by atoms with Crippen molar-refractivity contribution in [2.45, 2.75) is 12.5 Å². The molecule has 0 aromatic heterocycles. The Bertz CT molecular complexity index is 538. The third-order valence-electron chi connectivity index (χ3n) is 3.27. The second-order valence-corrected chi connectivity index (χ2v) is 5.01. The summed E-state index contributed by atoms with van der Waals surface area (Å²) in [7, 11) is 1.32. The molecule has 5 nitrogen and oxygen atoms in total. The van der Waals surface area contributed by atoms with Crippen molar-refractivity contribution in [3.8, 4) is 0 Å². The topological polar surface area (TPSA) is 67.6 Å². The molecule has 1 aromatic rings. The number of methoxy groups -OCH3 is 1. The van der Waals surface area contributed by atoms with E-state index in [0.29, 0.717) is 18.8 Å². The second kappa shape index (κ2) is 6.04. The number of alkyl carbamates (subject to hydrolysis) is 1. The number of benzene rings is 1. The molecule has 1 saturated heterocycles. The number of thiocarbonyl (C=S) groups is 1. The minimum atomic E-state index is -0.467. The van der Waals surface area contributed by atoms with E-state index in [-0.39, 0.29) is 16.6 Å². The van der Waals surface area contributed by atoms with E-state index in [0.717, 1.165) is 6.42 Å². The van der Waals surface area contributed by atoms with E-state index >= 15 is 0 Å². The van der Waals surface area contributed by atoms with Gasteiger partial charge in [-0.25, -0.2) is 9.18 Å². The third-order valence-corrected chi connectivity index (χ3v) is 3.48. The summed E-state index contributed by atoms with van der Waals surface area (Å²) in [5, 5.41) is 2.73. The zero-order valence-electron chi connectivity index (χ0n) is 11.1. The molecule has 0 radical (unpaired) electrons. The van der Waals surface area contributed by atoms with Crippen LogP contribution < -0.4 is 16.0 Å². The predicted molar refractivity (Wildman–Crippen MR) is 78.4 cm³/mol. The lowest BCUT2D eigenvalue weighted by atomic mass is 10.1. The van der Waals surface area contributed by atoms with Crippen LogP contribution in [0.5, 0.6) is 0 Å². The van der Waals surface area contributed by atoms with E-state index in [9.17, 15) is 9.18 Å². The monoisotopic (exact) mass is 297 g/mol. The fraction of sp³-hybridized carbons (Fsp3) is 0.385. The number of nitrogens with two attached hydrogens (primary N) is 1. The minimum Gasteiger partial charge on any atom is -0.453 e. The molecule has 1 heterocycles. The van der Waals surface area contributed by atoms with Crippen molar-refractivity contribution < 1.29 is 13.9 Å². The molecule has 0 bridgehead atoms. The molecule has 108 valence electrons. The summed E-state index contributed by atoms with van der Waals surface area (Å²) >= 11 is 4.91. The normalized spacial score (nSPS) is 17.9. The molecule has 0 spiro atoms. The molecule has 2 rings (SSSR count). The Balaban J connectivity index is 2.16. The minimum absolute atomic E-state index is 0.0301. The lowest BCUT2D eigenvalue weighted by Gasteiger charge is -2.22. The van der Waals surface area contributed by atoms with Crippen LogP contribution in [-0.4, -0.2) is 37.3 Å². The first-order valence-electron chi connectivity index (χ1n) is 6.20. The summed E-state index contributed by atoms with van der Waals surface area (Å²) in [5.74, 6) is -0.431. The number of ether oxygens (including phenoxy) is 1. The van der Waals surface area contributed by atoms with Gasteiger partial charge in [-0.1, -0.05) is 18.3 Å². The van der Waals surface area contributed by atoms with Gasteiger partial charge in [-0.15, -0.1) is 0 Å². The fourth-order valence-corrected chi connectivity index (χ4v) is 2.54. The summed E-state index contributed by atoms with van der Waals surface area (Å²) in [6.07, 6.45) is 0.285. The Kier molecular flexibility index (Phi) is 4.39. The molecule has 1 aliphatic heterocycles. The summed E-state index contributed by atoms with van der Waals surface area (Å²) < 4.78 is 18.4. The van der Waals surface area contributed by atoms with Crippen molar-refractivity contribution in [3.05, 3.63) is 29.6 Å². The van der Waals surface area contributed by atoms with Crippen molar-refractivity contribution in [1.82, 2.24) is 5.32 Å². The number of amides is 1. The average molecular weight is 297 g/mol. The Morgan fingerprint density at radius 3 is 3.00 bits per heavy atom. The Morgan fingerprint density at radius 2 is 2.35 bits per heavy atom. The molecule has 3 N–H and O–H groups in total. The van der Waals surface area contributed by atoms with Gasteiger partial charge in [0, 0.05) is 18.8 Å². The maximum Gasteiger partial charge on any atom is 0.407 e. The quantitative estimate of drug-likeness (QED) is 0.825. The van der Waals surface area contributed by atoms with Gasteiger partial charge < -0.3 is 20.7 Å². The smallest absolute Gasteiger partial charge is 0.407 e. The van der Waals surface area contributed by atoms with E-state index in [4.69, 9.17) is 18.0 Å². The van der Waals surface area contributed by atoms with Crippen molar-refractivity contribution in [1.29, 1.82) is 0 Å². The zero-order chi connectivity index (χ0) is 14.7. The maximum atomic E-state index is 13.8. The fourth-order valence-electron chi connectivity index (χ4n) is 2.34. The van der Waals surface area contributed by atoms with E-state index in [1.807, 2.05) is 4.90 Å². The number of rotatable bonds is 3. The van der Waals surface area contributed by atoms with Crippen LogP contribution in [0, 0.1) is 5.82 Å². The van der Waals surface area contributed by atoms with Crippen molar-refractivity contribution in [3.63, 3.8) is 0 Å². The van der Waals surface area contributed by atoms with Crippen LogP contribution in [0.4, 0.5) is 14.9 Å². The molecule has 1 unspecified atom stereocenters. The van der Waals surface area contributed by atoms with E-state index < -0.39 is 11.9 Å². The standard InChI is InChI=1S/C13H16FN3O2S/c1-19-13(18)16-8-5-6-17(7-8)10-4-2-3-9(14)11(10)12(15)20/h2-4,8H,5-7H2,1H3,(H2,15,20)(H,16,18). The number of nitrogens with one attached hydrogen (secondary N) is 1. The highest BCUT2D eigenvalue weighted by atomic mass is 32.1. The molecule has 7 heteroatoms. The van der Waals surface area contributed by atoms with Gasteiger partial charge in [-0.3, -0.25) is 0 Å². The first-order chi connectivity index (χ1) is 9.52. The van der Waals surface area contributed by atoms with Crippen LogP contribution in [0.2, 0.25) is 0 Å². The van der Waals surface area contributed by atoms with Gasteiger partial charge in [0.05, 0.1) is 18.7 Å². The van der Waals surface area contributed by atoms with Crippen molar-refractivity contribution >= 4 is 29.0 Å². The van der Waals surface area contributed by atoms with E-state index in [1.165, 1.54) is 13.2 Å². The molecule has 20 heavy (non-hydrogen) atoms. The highest BCUT2D eigenvalue weighted by Gasteiger charge is 2.27. The van der Waals surface area contributed by atoms with Crippen LogP contribution in [-0.2, 0) is 4.74 Å². The molecule has 1 fully saturated rings. The molecule has 1 atom stereocenters. The van der Waals surface area contributed by atoms with Gasteiger partial charge in [0.25, 0.3) is 0 Å². The number of halogens is 1. The molecule has 1 aromatic carbocycles. The van der Waals surface area contributed by atoms with Gasteiger partial charge in [-0.2, -0.15) is 0 Å². The number of carbonyl (C=O) groups excluding carboxylic acids is 1. The van der Waals surface area contributed by atoms with Crippen LogP contribution in [0.25, 0.3) is 0 Å². The predicted octanol–water partition coefficient (Wildman–Crippen LogP) is 1.39. The number of nitrogens with zero attached hydrogens (tertiary/aromatic N) is 1. The molecular formula is C13H16FN3O2S. The lowest BCUT2D eigenvalue weighted by molar-refractivity contribution is 0.167. The molecule has 0 saturated carbocycles. The first-order valence-corrected chi connectivity index (χ1v) is 6.61. The number of hydrogen-bond acceptors (Lipinski definition) is 4. The zero-order valence-corrected chi connectivity index (χ0v) is 11.9. The Morgan fingerprint density at radius 1 is 1.60 bits per heavy atom. The van der Waals surface area contributed by atoms with E-state index in [1.54, 1.807) is 12.1 Å². The van der Waals surface area contributed by atoms with Crippen LogP contribution in [0.15, 0.2) is 18.2 Å². The van der Waals surface area contributed by atoms with Gasteiger partial charge in [0.1, 0.15) is 10.8 Å². The SMILES string of the molecule is COC(=O)NC1CCN(c2cccc(F)c2C(N)=S)C1. The van der Waals surface area contributed by atoms with E-state index in [2.05, 4.69) is 10.1 Å². The van der Waals surface area contributed by atoms with Crippen LogP contribution in [0.1, 0.15) is 12.0 Å². The Labute approximate surface area is 121 Å². The Hall–Kier alpha value is -1.89. The molecule has 1 amide bonds. The maximum absolute atomic E-state index is 13.8. The van der Waals surface area contributed by atoms with Gasteiger partial charge in [0.2, 0.25) is 0 Å². The summed E-state index contributed by atoms with van der Waals surface area (Å²) in [5.41, 5.74) is 6.51. The lowest BCUT2D eigenvalue weighted by Crippen LogP contribution is -2.37. The first kappa shape index (κ1) is 14.5. The van der Waals surface area contributed by atoms with Gasteiger partial charge >= 0.3 is 6.09 Å². The highest BCUT2D eigenvalue weighted by molar-refractivity contribution is 7.80. The molecule has 0 aliphatic carbocycles. The number of anilines is 1. The number of hydrogen-bond donors (Lipinski definition) is 2. The number of carbonyl (C=O) groups is 1.